The number of allylic oxidation sites excluding steroid dienone is 1. The van der Waals surface area contributed by atoms with E-state index >= 15 is 0 Å². The molecule has 8 heteroatoms. The summed E-state index contributed by atoms with van der Waals surface area (Å²) in [6.07, 6.45) is 8.69. The molecular weight excluding hydrogens is 508 g/mol. The molecule has 2 bridgehead atoms. The van der Waals surface area contributed by atoms with Crippen LogP contribution >= 0.6 is 0 Å². The highest BCUT2D eigenvalue weighted by molar-refractivity contribution is 6.05. The number of benzene rings is 1. The van der Waals surface area contributed by atoms with Crippen LogP contribution in [0.1, 0.15) is 62.5 Å². The van der Waals surface area contributed by atoms with E-state index in [9.17, 15) is 19.5 Å². The first kappa shape index (κ1) is 30.0. The fourth-order valence-electron chi connectivity index (χ4n) is 6.77. The summed E-state index contributed by atoms with van der Waals surface area (Å²) >= 11 is 0. The number of likely N-dealkylation sites (tertiary alicyclic amines) is 1. The van der Waals surface area contributed by atoms with Crippen LogP contribution in [0.5, 0.6) is 0 Å². The zero-order valence-corrected chi connectivity index (χ0v) is 24.0. The quantitative estimate of drug-likeness (QED) is 0.198. The van der Waals surface area contributed by atoms with E-state index < -0.39 is 35.6 Å². The van der Waals surface area contributed by atoms with E-state index in [2.05, 4.69) is 13.2 Å². The van der Waals surface area contributed by atoms with Gasteiger partial charge in [-0.3, -0.25) is 14.4 Å². The third-order valence-electron chi connectivity index (χ3n) is 8.64. The minimum atomic E-state index is -1.07. The van der Waals surface area contributed by atoms with E-state index in [-0.39, 0.29) is 31.6 Å². The maximum absolute atomic E-state index is 14.6. The van der Waals surface area contributed by atoms with Crippen LogP contribution in [0, 0.1) is 25.7 Å². The maximum atomic E-state index is 14.6. The third kappa shape index (κ3) is 5.61. The van der Waals surface area contributed by atoms with Crippen LogP contribution in [-0.4, -0.2) is 71.8 Å². The smallest absolute Gasteiger partial charge is 0.312 e. The van der Waals surface area contributed by atoms with E-state index in [1.807, 2.05) is 38.1 Å². The second-order valence-electron chi connectivity index (χ2n) is 11.4. The lowest BCUT2D eigenvalue weighted by atomic mass is 9.70. The number of fused-ring (bicyclic) bond motifs is 1. The molecular formula is C32H44N2O6. The van der Waals surface area contributed by atoms with Crippen molar-refractivity contribution < 1.29 is 29.0 Å². The van der Waals surface area contributed by atoms with Crippen LogP contribution < -0.4 is 4.90 Å². The van der Waals surface area contributed by atoms with Crippen molar-refractivity contribution >= 4 is 23.5 Å². The average molecular weight is 553 g/mol. The second-order valence-corrected chi connectivity index (χ2v) is 11.4. The summed E-state index contributed by atoms with van der Waals surface area (Å²) in [6.45, 7) is 12.6. The Labute approximate surface area is 238 Å². The van der Waals surface area contributed by atoms with Gasteiger partial charge >= 0.3 is 5.97 Å². The number of carbonyl (C=O) groups is 3. The molecule has 1 aromatic rings. The van der Waals surface area contributed by atoms with Crippen molar-refractivity contribution in [3.63, 3.8) is 0 Å². The van der Waals surface area contributed by atoms with Crippen LogP contribution in [0.4, 0.5) is 5.69 Å². The molecule has 0 radical (unpaired) electrons. The first-order valence-electron chi connectivity index (χ1n) is 14.7. The third-order valence-corrected chi connectivity index (χ3v) is 8.64. The zero-order chi connectivity index (χ0) is 28.9. The van der Waals surface area contributed by atoms with Crippen molar-refractivity contribution in [2.24, 2.45) is 11.8 Å². The Morgan fingerprint density at radius 3 is 2.70 bits per heavy atom. The van der Waals surface area contributed by atoms with Crippen molar-refractivity contribution in [2.45, 2.75) is 83.0 Å². The molecule has 1 aromatic carbocycles. The molecule has 3 aliphatic heterocycles. The van der Waals surface area contributed by atoms with Gasteiger partial charge in [0, 0.05) is 25.4 Å². The molecule has 0 saturated carbocycles. The molecule has 3 heterocycles. The lowest BCUT2D eigenvalue weighted by Gasteiger charge is -2.37. The lowest BCUT2D eigenvalue weighted by molar-refractivity contribution is -0.155. The van der Waals surface area contributed by atoms with Crippen LogP contribution in [0.3, 0.4) is 0 Å². The number of anilines is 1. The Bertz CT molecular complexity index is 1120. The first-order valence-corrected chi connectivity index (χ1v) is 14.7. The summed E-state index contributed by atoms with van der Waals surface area (Å²) in [5, 5.41) is 9.26. The van der Waals surface area contributed by atoms with Crippen molar-refractivity contribution in [3.05, 3.63) is 54.6 Å². The highest BCUT2D eigenvalue weighted by atomic mass is 16.6. The minimum absolute atomic E-state index is 0.0775. The molecule has 5 atom stereocenters. The number of rotatable bonds is 15. The summed E-state index contributed by atoms with van der Waals surface area (Å²) in [4.78, 5) is 45.4. The molecule has 3 saturated heterocycles. The molecule has 1 spiro atoms. The van der Waals surface area contributed by atoms with E-state index in [1.54, 1.807) is 15.9 Å². The lowest BCUT2D eigenvalue weighted by Crippen LogP contribution is -2.56. The van der Waals surface area contributed by atoms with E-state index in [4.69, 9.17) is 9.47 Å². The number of unbranched alkanes of at least 4 members (excludes halogenated alkanes) is 4. The van der Waals surface area contributed by atoms with Gasteiger partial charge in [0.05, 0.1) is 24.5 Å². The standard InChI is InChI=1S/C32H44N2O6/c1-5-7-8-12-20-39-31(38)26-25-15-16-32(40-25)27(26)29(36)34(18-10-9-11-19-35)28(32)30(37)33(17-6-2)24-21-22(3)13-14-23(24)4/h5-6,13-14,21,25-28,35H,1-2,7-12,15-20H2,3-4H3/t25-,26+,27+,28?,32?/m1/s1. The van der Waals surface area contributed by atoms with E-state index in [1.165, 1.54) is 0 Å². The Balaban J connectivity index is 1.66. The largest absolute Gasteiger partial charge is 0.465 e. The van der Waals surface area contributed by atoms with Gasteiger partial charge in [0.15, 0.2) is 0 Å². The van der Waals surface area contributed by atoms with E-state index in [0.717, 1.165) is 42.5 Å². The van der Waals surface area contributed by atoms with Gasteiger partial charge in [0.25, 0.3) is 5.91 Å². The van der Waals surface area contributed by atoms with Crippen LogP contribution in [0.2, 0.25) is 0 Å². The molecule has 2 amide bonds. The van der Waals surface area contributed by atoms with Gasteiger partial charge in [-0.25, -0.2) is 0 Å². The Morgan fingerprint density at radius 2 is 1.98 bits per heavy atom. The summed E-state index contributed by atoms with van der Waals surface area (Å²) in [5.41, 5.74) is 1.68. The van der Waals surface area contributed by atoms with Crippen molar-refractivity contribution in [2.75, 3.05) is 31.2 Å². The highest BCUT2D eigenvalue weighted by Crippen LogP contribution is 2.59. The molecule has 40 heavy (non-hydrogen) atoms. The molecule has 0 aliphatic carbocycles. The Morgan fingerprint density at radius 1 is 1.18 bits per heavy atom. The molecule has 1 N–H and O–H groups in total. The summed E-state index contributed by atoms with van der Waals surface area (Å²) < 4.78 is 12.2. The van der Waals surface area contributed by atoms with Gasteiger partial charge in [0.2, 0.25) is 5.91 Å². The normalized spacial score (nSPS) is 26.6. The van der Waals surface area contributed by atoms with E-state index in [0.29, 0.717) is 32.2 Å². The molecule has 4 rings (SSSR count). The van der Waals surface area contributed by atoms with Crippen molar-refractivity contribution in [3.8, 4) is 0 Å². The number of aliphatic hydroxyl groups excluding tert-OH is 1. The Kier molecular flexibility index (Phi) is 9.85. The second kappa shape index (κ2) is 13.1. The predicted molar refractivity (Wildman–Crippen MR) is 154 cm³/mol. The Hall–Kier alpha value is -2.97. The number of nitrogens with zero attached hydrogens (tertiary/aromatic N) is 2. The topological polar surface area (TPSA) is 96.4 Å². The van der Waals surface area contributed by atoms with Gasteiger partial charge in [-0.15, -0.1) is 13.2 Å². The molecule has 8 nitrogen and oxygen atoms in total. The molecule has 218 valence electrons. The molecule has 0 aromatic heterocycles. The number of carbonyl (C=O) groups excluding carboxylic acids is 3. The van der Waals surface area contributed by atoms with Gasteiger partial charge in [-0.05, 0) is 82.4 Å². The number of amides is 2. The molecule has 3 aliphatic rings. The predicted octanol–water partition coefficient (Wildman–Crippen LogP) is 4.26. The summed E-state index contributed by atoms with van der Waals surface area (Å²) in [6, 6.07) is 5.12. The van der Waals surface area contributed by atoms with Gasteiger partial charge in [-0.2, -0.15) is 0 Å². The SMILES string of the molecule is C=CCCCCOC(=O)[C@@H]1[C@H]2C(=O)N(CCCCCO)C(C(=O)N(CC=C)c3cc(C)ccc3C)C23CC[C@H]1O3. The van der Waals surface area contributed by atoms with Gasteiger partial charge in [0.1, 0.15) is 11.6 Å². The summed E-state index contributed by atoms with van der Waals surface area (Å²) in [7, 11) is 0. The monoisotopic (exact) mass is 552 g/mol. The van der Waals surface area contributed by atoms with Gasteiger partial charge < -0.3 is 24.4 Å². The fraction of sp³-hybridized carbons (Fsp3) is 0.594. The maximum Gasteiger partial charge on any atom is 0.312 e. The first-order chi connectivity index (χ1) is 19.3. The number of ether oxygens (including phenoxy) is 2. The average Bonchev–Trinajstić information content (AvgIpc) is 3.58. The van der Waals surface area contributed by atoms with Crippen LogP contribution in [0.25, 0.3) is 0 Å². The number of esters is 1. The number of aryl methyl sites for hydroxylation is 2. The zero-order valence-electron chi connectivity index (χ0n) is 24.0. The van der Waals surface area contributed by atoms with Crippen molar-refractivity contribution in [1.29, 1.82) is 0 Å². The number of aliphatic hydroxyl groups is 1. The number of hydrogen-bond donors (Lipinski definition) is 1. The fourth-order valence-corrected chi connectivity index (χ4v) is 6.77. The highest BCUT2D eigenvalue weighted by Gasteiger charge is 2.75. The van der Waals surface area contributed by atoms with Gasteiger partial charge in [-0.1, -0.05) is 24.3 Å². The molecule has 3 fully saturated rings. The van der Waals surface area contributed by atoms with Crippen molar-refractivity contribution in [1.82, 2.24) is 4.90 Å². The van der Waals surface area contributed by atoms with Crippen LogP contribution in [0.15, 0.2) is 43.5 Å². The number of hydrogen-bond acceptors (Lipinski definition) is 6. The van der Waals surface area contributed by atoms with Crippen LogP contribution in [-0.2, 0) is 23.9 Å². The minimum Gasteiger partial charge on any atom is -0.465 e. The summed E-state index contributed by atoms with van der Waals surface area (Å²) in [5.74, 6) is -2.30. The molecule has 2 unspecified atom stereocenters.